The van der Waals surface area contributed by atoms with Crippen LogP contribution in [-0.4, -0.2) is 13.1 Å². The molecule has 0 aromatic carbocycles. The van der Waals surface area contributed by atoms with Crippen molar-refractivity contribution in [1.29, 1.82) is 0 Å². The summed E-state index contributed by atoms with van der Waals surface area (Å²) in [5, 5.41) is 3.33. The minimum atomic E-state index is 0.292. The van der Waals surface area contributed by atoms with E-state index in [4.69, 9.17) is 6.42 Å². The summed E-state index contributed by atoms with van der Waals surface area (Å²) in [5.74, 6) is 3.72. The molecule has 1 N–H and O–H groups in total. The molecule has 0 spiro atoms. The van der Waals surface area contributed by atoms with Gasteiger partial charge in [-0.25, -0.2) is 0 Å². The SMILES string of the molecule is C#C[C@]12CC[C@H]1CNC2. The highest BCUT2D eigenvalue weighted by molar-refractivity contribution is 5.18. The normalized spacial score (nSPS) is 47.2. The Balaban J connectivity index is 2.22. The van der Waals surface area contributed by atoms with Crippen LogP contribution in [-0.2, 0) is 0 Å². The van der Waals surface area contributed by atoms with Gasteiger partial charge in [-0.1, -0.05) is 5.92 Å². The van der Waals surface area contributed by atoms with Crippen molar-refractivity contribution in [3.8, 4) is 12.3 Å². The van der Waals surface area contributed by atoms with Gasteiger partial charge in [-0.15, -0.1) is 6.42 Å². The fourth-order valence-electron chi connectivity index (χ4n) is 1.94. The van der Waals surface area contributed by atoms with E-state index in [1.165, 1.54) is 12.8 Å². The van der Waals surface area contributed by atoms with Crippen molar-refractivity contribution in [1.82, 2.24) is 5.32 Å². The molecule has 9 heavy (non-hydrogen) atoms. The number of hydrogen-bond donors (Lipinski definition) is 1. The molecule has 1 aliphatic heterocycles. The van der Waals surface area contributed by atoms with Crippen molar-refractivity contribution in [2.45, 2.75) is 12.8 Å². The number of fused-ring (bicyclic) bond motifs is 1. The van der Waals surface area contributed by atoms with E-state index < -0.39 is 0 Å². The van der Waals surface area contributed by atoms with Crippen LogP contribution in [0.2, 0.25) is 0 Å². The fraction of sp³-hybridized carbons (Fsp3) is 0.750. The van der Waals surface area contributed by atoms with Crippen LogP contribution in [0.1, 0.15) is 12.8 Å². The Morgan fingerprint density at radius 2 is 2.56 bits per heavy atom. The van der Waals surface area contributed by atoms with Crippen LogP contribution >= 0.6 is 0 Å². The second-order valence-electron chi connectivity index (χ2n) is 3.17. The Labute approximate surface area is 55.8 Å². The van der Waals surface area contributed by atoms with Gasteiger partial charge in [0.2, 0.25) is 0 Å². The molecule has 48 valence electrons. The largest absolute Gasteiger partial charge is 0.315 e. The van der Waals surface area contributed by atoms with Crippen molar-refractivity contribution in [3.63, 3.8) is 0 Å². The molecule has 1 heterocycles. The predicted molar refractivity (Wildman–Crippen MR) is 36.9 cm³/mol. The van der Waals surface area contributed by atoms with E-state index in [1.54, 1.807) is 0 Å². The molecule has 1 nitrogen and oxygen atoms in total. The monoisotopic (exact) mass is 121 g/mol. The van der Waals surface area contributed by atoms with E-state index in [9.17, 15) is 0 Å². The third-order valence-electron chi connectivity index (χ3n) is 2.84. The Bertz CT molecular complexity index is 168. The molecule has 0 bridgehead atoms. The molecular weight excluding hydrogens is 110 g/mol. The third-order valence-corrected chi connectivity index (χ3v) is 2.84. The zero-order chi connectivity index (χ0) is 6.32. The van der Waals surface area contributed by atoms with Crippen LogP contribution < -0.4 is 5.32 Å². The molecule has 2 atom stereocenters. The summed E-state index contributed by atoms with van der Waals surface area (Å²) >= 11 is 0. The minimum Gasteiger partial charge on any atom is -0.315 e. The molecule has 0 aromatic rings. The molecule has 1 saturated carbocycles. The van der Waals surface area contributed by atoms with Crippen molar-refractivity contribution in [2.24, 2.45) is 11.3 Å². The van der Waals surface area contributed by atoms with Gasteiger partial charge in [-0.05, 0) is 25.3 Å². The topological polar surface area (TPSA) is 12.0 Å². The van der Waals surface area contributed by atoms with Gasteiger partial charge in [0.25, 0.3) is 0 Å². The summed E-state index contributed by atoms with van der Waals surface area (Å²) in [6.45, 7) is 2.22. The summed E-state index contributed by atoms with van der Waals surface area (Å²) < 4.78 is 0. The van der Waals surface area contributed by atoms with Crippen LogP contribution in [0, 0.1) is 23.7 Å². The van der Waals surface area contributed by atoms with Gasteiger partial charge in [0.1, 0.15) is 0 Å². The molecule has 2 fully saturated rings. The average Bonchev–Trinajstić information content (AvgIpc) is 2.10. The maximum Gasteiger partial charge on any atom is 0.0476 e. The quantitative estimate of drug-likeness (QED) is 0.463. The summed E-state index contributed by atoms with van der Waals surface area (Å²) in [6, 6.07) is 0. The van der Waals surface area contributed by atoms with Crippen molar-refractivity contribution in [2.75, 3.05) is 13.1 Å². The first kappa shape index (κ1) is 5.32. The maximum atomic E-state index is 5.42. The van der Waals surface area contributed by atoms with E-state index in [0.29, 0.717) is 5.41 Å². The van der Waals surface area contributed by atoms with Crippen LogP contribution in [0.15, 0.2) is 0 Å². The summed E-state index contributed by atoms with van der Waals surface area (Å²) in [5.41, 5.74) is 0.292. The van der Waals surface area contributed by atoms with E-state index in [2.05, 4.69) is 11.2 Å². The number of hydrogen-bond acceptors (Lipinski definition) is 1. The molecule has 0 amide bonds. The van der Waals surface area contributed by atoms with Gasteiger partial charge in [0.15, 0.2) is 0 Å². The van der Waals surface area contributed by atoms with Crippen molar-refractivity contribution in [3.05, 3.63) is 0 Å². The lowest BCUT2D eigenvalue weighted by Gasteiger charge is -2.39. The fourth-order valence-corrected chi connectivity index (χ4v) is 1.94. The first-order valence-electron chi connectivity index (χ1n) is 3.56. The lowest BCUT2D eigenvalue weighted by Crippen LogP contribution is -2.37. The van der Waals surface area contributed by atoms with E-state index >= 15 is 0 Å². The molecule has 2 aliphatic rings. The summed E-state index contributed by atoms with van der Waals surface area (Å²) in [4.78, 5) is 0. The highest BCUT2D eigenvalue weighted by Crippen LogP contribution is 2.48. The number of rotatable bonds is 0. The van der Waals surface area contributed by atoms with E-state index in [-0.39, 0.29) is 0 Å². The van der Waals surface area contributed by atoms with Gasteiger partial charge in [0.05, 0.1) is 0 Å². The van der Waals surface area contributed by atoms with Gasteiger partial charge < -0.3 is 5.32 Å². The zero-order valence-corrected chi connectivity index (χ0v) is 5.48. The maximum absolute atomic E-state index is 5.42. The van der Waals surface area contributed by atoms with Gasteiger partial charge in [-0.2, -0.15) is 0 Å². The predicted octanol–water partition coefficient (Wildman–Crippen LogP) is 0.619. The Morgan fingerprint density at radius 1 is 1.67 bits per heavy atom. The average molecular weight is 121 g/mol. The second kappa shape index (κ2) is 1.52. The Kier molecular flexibility index (Phi) is 0.896. The molecular formula is C8H11N. The van der Waals surface area contributed by atoms with E-state index in [0.717, 1.165) is 19.0 Å². The van der Waals surface area contributed by atoms with Gasteiger partial charge >= 0.3 is 0 Å². The number of terminal acetylenes is 1. The zero-order valence-electron chi connectivity index (χ0n) is 5.48. The molecule has 0 unspecified atom stereocenters. The lowest BCUT2D eigenvalue weighted by atomic mass is 9.63. The third kappa shape index (κ3) is 0.495. The molecule has 1 heteroatoms. The first-order chi connectivity index (χ1) is 4.37. The summed E-state index contributed by atoms with van der Waals surface area (Å²) in [7, 11) is 0. The van der Waals surface area contributed by atoms with Crippen LogP contribution in [0.25, 0.3) is 0 Å². The second-order valence-corrected chi connectivity index (χ2v) is 3.17. The first-order valence-corrected chi connectivity index (χ1v) is 3.56. The highest BCUT2D eigenvalue weighted by atomic mass is 15.0. The van der Waals surface area contributed by atoms with Crippen molar-refractivity contribution >= 4 is 0 Å². The molecule has 1 saturated heterocycles. The van der Waals surface area contributed by atoms with Gasteiger partial charge in [-0.3, -0.25) is 0 Å². The van der Waals surface area contributed by atoms with E-state index in [1.807, 2.05) is 0 Å². The number of nitrogens with one attached hydrogen (secondary N) is 1. The minimum absolute atomic E-state index is 0.292. The van der Waals surface area contributed by atoms with Crippen molar-refractivity contribution < 1.29 is 0 Å². The standard InChI is InChI=1S/C8H11N/c1-2-8-4-3-7(8)5-9-6-8/h1,7,9H,3-6H2/t7-,8+/m0/s1. The van der Waals surface area contributed by atoms with Crippen LogP contribution in [0.4, 0.5) is 0 Å². The summed E-state index contributed by atoms with van der Waals surface area (Å²) in [6.07, 6.45) is 8.02. The smallest absolute Gasteiger partial charge is 0.0476 e. The Morgan fingerprint density at radius 3 is 2.89 bits per heavy atom. The Hall–Kier alpha value is -0.480. The molecule has 1 aliphatic carbocycles. The molecule has 0 radical (unpaired) electrons. The molecule has 2 rings (SSSR count). The molecule has 0 aromatic heterocycles. The van der Waals surface area contributed by atoms with Gasteiger partial charge in [0, 0.05) is 12.0 Å². The van der Waals surface area contributed by atoms with Crippen LogP contribution in [0.5, 0.6) is 0 Å². The highest BCUT2D eigenvalue weighted by Gasteiger charge is 2.48. The van der Waals surface area contributed by atoms with Crippen LogP contribution in [0.3, 0.4) is 0 Å². The lowest BCUT2D eigenvalue weighted by molar-refractivity contribution is 0.160.